The van der Waals surface area contributed by atoms with Crippen LogP contribution in [0, 0.1) is 0 Å². The van der Waals surface area contributed by atoms with Gasteiger partial charge in [-0.25, -0.2) is 0 Å². The Morgan fingerprint density at radius 2 is 1.89 bits per heavy atom. The third kappa shape index (κ3) is 4.20. The summed E-state index contributed by atoms with van der Waals surface area (Å²) in [4.78, 5) is 0. The fraction of sp³-hybridized carbons (Fsp3) is 0.267. The number of furan rings is 1. The lowest BCUT2D eigenvalue weighted by Crippen LogP contribution is -2.49. The lowest BCUT2D eigenvalue weighted by atomic mass is 9.78. The molecule has 3 aromatic rings. The molecule has 5 heteroatoms. The highest BCUT2D eigenvalue weighted by atomic mass is 16.5. The fourth-order valence-electron chi connectivity index (χ4n) is 4.43. The molecule has 4 nitrogen and oxygen atoms in total. The van der Waals surface area contributed by atoms with Gasteiger partial charge in [-0.3, -0.25) is 0 Å². The van der Waals surface area contributed by atoms with Crippen molar-refractivity contribution >= 4 is 41.1 Å². The smallest absolute Gasteiger partial charge is 0.331 e. The van der Waals surface area contributed by atoms with Gasteiger partial charge in [0.25, 0.3) is 0 Å². The first kappa shape index (κ1) is 23.5. The van der Waals surface area contributed by atoms with Crippen LogP contribution in [0.4, 0.5) is 0 Å². The van der Waals surface area contributed by atoms with Crippen molar-refractivity contribution < 1.29 is 18.9 Å². The maximum absolute atomic E-state index is 10.5. The molecule has 0 saturated heterocycles. The van der Waals surface area contributed by atoms with E-state index in [0.717, 1.165) is 51.1 Å². The molecule has 0 bridgehead atoms. The summed E-state index contributed by atoms with van der Waals surface area (Å²) in [7, 11) is 1.73. The van der Waals surface area contributed by atoms with E-state index < -0.39 is 11.2 Å². The van der Waals surface area contributed by atoms with Crippen molar-refractivity contribution in [3.63, 3.8) is 0 Å². The Balaban J connectivity index is 1.59. The average molecular weight is 465 g/mol. The Morgan fingerprint density at radius 3 is 2.66 bits per heavy atom. The van der Waals surface area contributed by atoms with Gasteiger partial charge in [0.15, 0.2) is 0 Å². The van der Waals surface area contributed by atoms with Crippen LogP contribution in [0.25, 0.3) is 28.2 Å². The molecular formula is C30H30BO4. The molecule has 2 heterocycles. The standard InChI is InChI=1S/C30H30BO4/c1-6-7-13-24-27(19-16-17-21-20-11-8-9-14-23(20)33-26(21)18-19)28-22(12-10-15-25(28)34-24)31-35-30(4,5)29(2,3)32/h6-17,26,32H,1,18H2,2-5H3/b13-7-. The molecule has 5 rings (SSSR count). The van der Waals surface area contributed by atoms with Crippen LogP contribution in [0.3, 0.4) is 0 Å². The minimum atomic E-state index is -1.02. The van der Waals surface area contributed by atoms with Gasteiger partial charge < -0.3 is 18.9 Å². The van der Waals surface area contributed by atoms with Crippen LogP contribution in [0.15, 0.2) is 77.8 Å². The minimum Gasteiger partial charge on any atom is -0.485 e. The number of hydrogen-bond acceptors (Lipinski definition) is 4. The first-order valence-corrected chi connectivity index (χ1v) is 11.9. The lowest BCUT2D eigenvalue weighted by molar-refractivity contribution is -0.0893. The van der Waals surface area contributed by atoms with Crippen LogP contribution in [-0.2, 0) is 4.65 Å². The summed E-state index contributed by atoms with van der Waals surface area (Å²) in [6.45, 7) is 11.1. The second-order valence-corrected chi connectivity index (χ2v) is 10.1. The van der Waals surface area contributed by atoms with Gasteiger partial charge in [0.1, 0.15) is 23.2 Å². The molecule has 1 aromatic heterocycles. The molecule has 177 valence electrons. The molecule has 0 spiro atoms. The number of benzene rings is 2. The van der Waals surface area contributed by atoms with Crippen LogP contribution in [0.1, 0.15) is 51.0 Å². The maximum Gasteiger partial charge on any atom is 0.331 e. The summed E-state index contributed by atoms with van der Waals surface area (Å²) in [6.07, 6.45) is 10.6. The Morgan fingerprint density at radius 1 is 1.09 bits per heavy atom. The highest BCUT2D eigenvalue weighted by molar-refractivity contribution is 6.52. The number of allylic oxidation sites excluding steroid dienone is 4. The molecule has 0 fully saturated rings. The van der Waals surface area contributed by atoms with Gasteiger partial charge in [-0.15, -0.1) is 0 Å². The molecule has 1 unspecified atom stereocenters. The maximum atomic E-state index is 10.5. The van der Waals surface area contributed by atoms with Crippen molar-refractivity contribution in [1.29, 1.82) is 0 Å². The first-order valence-electron chi connectivity index (χ1n) is 11.9. The Labute approximate surface area is 207 Å². The zero-order valence-electron chi connectivity index (χ0n) is 20.7. The number of hydrogen-bond donors (Lipinski definition) is 1. The molecule has 1 radical (unpaired) electrons. The molecule has 2 aliphatic rings. The average Bonchev–Trinajstić information content (AvgIpc) is 3.38. The molecule has 35 heavy (non-hydrogen) atoms. The van der Waals surface area contributed by atoms with Crippen LogP contribution in [0.5, 0.6) is 5.75 Å². The van der Waals surface area contributed by atoms with E-state index in [1.54, 1.807) is 27.4 Å². The molecule has 0 amide bonds. The third-order valence-corrected chi connectivity index (χ3v) is 7.12. The van der Waals surface area contributed by atoms with Gasteiger partial charge in [0.05, 0.1) is 11.2 Å². The largest absolute Gasteiger partial charge is 0.485 e. The van der Waals surface area contributed by atoms with E-state index in [-0.39, 0.29) is 6.10 Å². The summed E-state index contributed by atoms with van der Waals surface area (Å²) >= 11 is 0. The molecule has 1 aliphatic heterocycles. The van der Waals surface area contributed by atoms with Crippen molar-refractivity contribution in [2.45, 2.75) is 51.4 Å². The highest BCUT2D eigenvalue weighted by Crippen LogP contribution is 2.45. The number of fused-ring (bicyclic) bond motifs is 4. The first-order chi connectivity index (χ1) is 16.7. The Kier molecular flexibility index (Phi) is 5.86. The fourth-order valence-corrected chi connectivity index (χ4v) is 4.43. The summed E-state index contributed by atoms with van der Waals surface area (Å²) in [6, 6.07) is 14.1. The van der Waals surface area contributed by atoms with Crippen LogP contribution in [0.2, 0.25) is 0 Å². The zero-order valence-corrected chi connectivity index (χ0v) is 20.7. The second kappa shape index (κ2) is 8.74. The van der Waals surface area contributed by atoms with E-state index in [4.69, 9.17) is 13.8 Å². The van der Waals surface area contributed by atoms with Gasteiger partial charge >= 0.3 is 7.48 Å². The zero-order chi connectivity index (χ0) is 24.8. The summed E-state index contributed by atoms with van der Waals surface area (Å²) < 4.78 is 18.7. The van der Waals surface area contributed by atoms with Crippen LogP contribution < -0.4 is 10.2 Å². The molecule has 0 saturated carbocycles. The van der Waals surface area contributed by atoms with Crippen molar-refractivity contribution in [3.8, 4) is 5.75 Å². The Hall–Kier alpha value is -3.28. The molecular weight excluding hydrogens is 435 g/mol. The molecule has 1 aliphatic carbocycles. The molecule has 1 N–H and O–H groups in total. The number of rotatable bonds is 7. The molecule has 1 atom stereocenters. The lowest BCUT2D eigenvalue weighted by Gasteiger charge is -2.37. The third-order valence-electron chi connectivity index (χ3n) is 7.12. The van der Waals surface area contributed by atoms with Gasteiger partial charge in [-0.1, -0.05) is 61.2 Å². The van der Waals surface area contributed by atoms with E-state index in [9.17, 15) is 5.11 Å². The van der Waals surface area contributed by atoms with Gasteiger partial charge in [0.2, 0.25) is 0 Å². The SMILES string of the molecule is C=C/C=C\c1oc2cccc([B]OC(C)(C)C(C)(C)O)c2c1C1=CC=C2c3ccccc3OC2C1. The van der Waals surface area contributed by atoms with E-state index in [1.165, 1.54) is 5.57 Å². The summed E-state index contributed by atoms with van der Waals surface area (Å²) in [5.41, 5.74) is 4.39. The topological polar surface area (TPSA) is 51.8 Å². The van der Waals surface area contributed by atoms with Crippen molar-refractivity contribution in [3.05, 3.63) is 90.2 Å². The van der Waals surface area contributed by atoms with Gasteiger partial charge in [-0.2, -0.15) is 0 Å². The van der Waals surface area contributed by atoms with Crippen LogP contribution >= 0.6 is 0 Å². The quantitative estimate of drug-likeness (QED) is 0.340. The van der Waals surface area contributed by atoms with Gasteiger partial charge in [0, 0.05) is 28.5 Å². The van der Waals surface area contributed by atoms with Gasteiger partial charge in [-0.05, 0) is 56.9 Å². The van der Waals surface area contributed by atoms with Crippen molar-refractivity contribution in [1.82, 2.24) is 0 Å². The summed E-state index contributed by atoms with van der Waals surface area (Å²) in [5, 5.41) is 11.5. The van der Waals surface area contributed by atoms with E-state index in [0.29, 0.717) is 0 Å². The number of para-hydroxylation sites is 1. The second-order valence-electron chi connectivity index (χ2n) is 10.1. The highest BCUT2D eigenvalue weighted by Gasteiger charge is 2.36. The van der Waals surface area contributed by atoms with E-state index in [1.807, 2.05) is 62.4 Å². The predicted octanol–water partition coefficient (Wildman–Crippen LogP) is 6.07. The van der Waals surface area contributed by atoms with Crippen LogP contribution in [-0.4, -0.2) is 29.9 Å². The predicted molar refractivity (Wildman–Crippen MR) is 144 cm³/mol. The minimum absolute atomic E-state index is 0.0323. The van der Waals surface area contributed by atoms with E-state index >= 15 is 0 Å². The Bertz CT molecular complexity index is 1380. The molecule has 2 aromatic carbocycles. The summed E-state index contributed by atoms with van der Waals surface area (Å²) in [5.74, 6) is 1.69. The van der Waals surface area contributed by atoms with Crippen molar-refractivity contribution in [2.75, 3.05) is 0 Å². The number of aliphatic hydroxyl groups is 1. The van der Waals surface area contributed by atoms with Crippen molar-refractivity contribution in [2.24, 2.45) is 0 Å². The van der Waals surface area contributed by atoms with E-state index in [2.05, 4.69) is 24.8 Å². The normalized spacial score (nSPS) is 17.6. The monoisotopic (exact) mass is 465 g/mol. The number of ether oxygens (including phenoxy) is 1.